The highest BCUT2D eigenvalue weighted by Crippen LogP contribution is 2.12. The van der Waals surface area contributed by atoms with Crippen LogP contribution in [-0.2, 0) is 0 Å². The summed E-state index contributed by atoms with van der Waals surface area (Å²) >= 11 is 0. The van der Waals surface area contributed by atoms with Gasteiger partial charge in [0.15, 0.2) is 0 Å². The van der Waals surface area contributed by atoms with Gasteiger partial charge in [0, 0.05) is 13.1 Å². The number of nitrogens with one attached hydrogen (secondary N) is 1. The molecule has 2 nitrogen and oxygen atoms in total. The summed E-state index contributed by atoms with van der Waals surface area (Å²) in [6.07, 6.45) is 2.51. The molecule has 0 aromatic carbocycles. The van der Waals surface area contributed by atoms with Gasteiger partial charge < -0.3 is 10.2 Å². The molecule has 1 aliphatic heterocycles. The lowest BCUT2D eigenvalue weighted by molar-refractivity contribution is 0.200. The van der Waals surface area contributed by atoms with E-state index in [0.29, 0.717) is 6.54 Å². The van der Waals surface area contributed by atoms with Gasteiger partial charge in [-0.05, 0) is 38.4 Å². The molecule has 1 saturated heterocycles. The third-order valence-corrected chi connectivity index (χ3v) is 2.82. The summed E-state index contributed by atoms with van der Waals surface area (Å²) < 4.78 is 12.1. The molecular weight excluding hydrogens is 167 g/mol. The molecule has 0 aliphatic carbocycles. The second-order valence-corrected chi connectivity index (χ2v) is 3.78. The Morgan fingerprint density at radius 3 is 2.62 bits per heavy atom. The van der Waals surface area contributed by atoms with Crippen molar-refractivity contribution < 1.29 is 4.39 Å². The van der Waals surface area contributed by atoms with Gasteiger partial charge in [0.25, 0.3) is 0 Å². The summed E-state index contributed by atoms with van der Waals surface area (Å²) in [4.78, 5) is 2.22. The summed E-state index contributed by atoms with van der Waals surface area (Å²) in [6, 6.07) is 0. The van der Waals surface area contributed by atoms with Crippen LogP contribution in [-0.4, -0.2) is 44.3 Å². The first-order chi connectivity index (χ1) is 6.36. The first-order valence-electron chi connectivity index (χ1n) is 5.35. The number of piperidine rings is 1. The summed E-state index contributed by atoms with van der Waals surface area (Å²) in [5.74, 6) is 0.785. The highest BCUT2D eigenvalue weighted by Gasteiger charge is 2.15. The third kappa shape index (κ3) is 4.05. The number of halogens is 1. The molecule has 3 heteroatoms. The fourth-order valence-electron chi connectivity index (χ4n) is 1.93. The molecule has 1 heterocycles. The van der Waals surface area contributed by atoms with Gasteiger partial charge in [-0.1, -0.05) is 6.92 Å². The quantitative estimate of drug-likeness (QED) is 0.699. The molecule has 1 fully saturated rings. The van der Waals surface area contributed by atoms with Crippen LogP contribution < -0.4 is 5.32 Å². The van der Waals surface area contributed by atoms with Crippen molar-refractivity contribution in [2.45, 2.75) is 19.8 Å². The van der Waals surface area contributed by atoms with Crippen molar-refractivity contribution in [2.75, 3.05) is 39.4 Å². The van der Waals surface area contributed by atoms with Crippen molar-refractivity contribution in [2.24, 2.45) is 5.92 Å². The van der Waals surface area contributed by atoms with Crippen molar-refractivity contribution in [3.8, 4) is 0 Å². The lowest BCUT2D eigenvalue weighted by Crippen LogP contribution is -2.37. The van der Waals surface area contributed by atoms with Crippen LogP contribution in [0.4, 0.5) is 4.39 Å². The second kappa shape index (κ2) is 6.33. The Balaban J connectivity index is 2.18. The van der Waals surface area contributed by atoms with E-state index < -0.39 is 0 Å². The van der Waals surface area contributed by atoms with Gasteiger partial charge >= 0.3 is 0 Å². The number of nitrogens with zero attached hydrogens (tertiary/aromatic N) is 1. The summed E-state index contributed by atoms with van der Waals surface area (Å²) in [5, 5.41) is 3.35. The maximum atomic E-state index is 12.1. The van der Waals surface area contributed by atoms with E-state index in [1.54, 1.807) is 0 Å². The average Bonchev–Trinajstić information content (AvgIpc) is 2.19. The Morgan fingerprint density at radius 1 is 1.38 bits per heavy atom. The zero-order valence-electron chi connectivity index (χ0n) is 8.56. The normalized spacial score (nSPS) is 19.6. The lowest BCUT2D eigenvalue weighted by Gasteiger charge is -2.28. The standard InChI is InChI=1S/C10H21FN2/c1-2-13(8-5-11)9-10-3-6-12-7-4-10/h10,12H,2-9H2,1H3. The molecule has 0 amide bonds. The molecule has 1 rings (SSSR count). The molecule has 0 radical (unpaired) electrons. The number of hydrogen-bond acceptors (Lipinski definition) is 2. The van der Waals surface area contributed by atoms with Crippen LogP contribution in [0.1, 0.15) is 19.8 Å². The molecule has 0 spiro atoms. The first-order valence-corrected chi connectivity index (χ1v) is 5.35. The number of rotatable bonds is 5. The largest absolute Gasteiger partial charge is 0.317 e. The van der Waals surface area contributed by atoms with Gasteiger partial charge in [0.1, 0.15) is 6.67 Å². The molecule has 0 aromatic rings. The Labute approximate surface area is 80.5 Å². The minimum Gasteiger partial charge on any atom is -0.317 e. The van der Waals surface area contributed by atoms with Crippen LogP contribution in [0.15, 0.2) is 0 Å². The molecule has 1 N–H and O–H groups in total. The SMILES string of the molecule is CCN(CCF)CC1CCNCC1. The average molecular weight is 188 g/mol. The van der Waals surface area contributed by atoms with Crippen molar-refractivity contribution in [3.63, 3.8) is 0 Å². The van der Waals surface area contributed by atoms with E-state index >= 15 is 0 Å². The lowest BCUT2D eigenvalue weighted by atomic mass is 9.97. The molecule has 0 unspecified atom stereocenters. The Hall–Kier alpha value is -0.150. The van der Waals surface area contributed by atoms with Crippen LogP contribution >= 0.6 is 0 Å². The number of alkyl halides is 1. The van der Waals surface area contributed by atoms with E-state index in [-0.39, 0.29) is 6.67 Å². The van der Waals surface area contributed by atoms with Crippen molar-refractivity contribution in [3.05, 3.63) is 0 Å². The number of hydrogen-bond donors (Lipinski definition) is 1. The molecule has 0 bridgehead atoms. The maximum Gasteiger partial charge on any atom is 0.102 e. The third-order valence-electron chi connectivity index (χ3n) is 2.82. The smallest absolute Gasteiger partial charge is 0.102 e. The summed E-state index contributed by atoms with van der Waals surface area (Å²) in [7, 11) is 0. The minimum absolute atomic E-state index is 0.210. The monoisotopic (exact) mass is 188 g/mol. The van der Waals surface area contributed by atoms with E-state index in [2.05, 4.69) is 17.1 Å². The highest BCUT2D eigenvalue weighted by atomic mass is 19.1. The zero-order valence-corrected chi connectivity index (χ0v) is 8.56. The van der Waals surface area contributed by atoms with Gasteiger partial charge in [-0.25, -0.2) is 4.39 Å². The van der Waals surface area contributed by atoms with Crippen LogP contribution in [0.2, 0.25) is 0 Å². The predicted molar refractivity (Wildman–Crippen MR) is 53.7 cm³/mol. The topological polar surface area (TPSA) is 15.3 Å². The van der Waals surface area contributed by atoms with Crippen molar-refractivity contribution in [1.82, 2.24) is 10.2 Å². The second-order valence-electron chi connectivity index (χ2n) is 3.78. The Kier molecular flexibility index (Phi) is 5.32. The van der Waals surface area contributed by atoms with Gasteiger partial charge in [-0.3, -0.25) is 0 Å². The van der Waals surface area contributed by atoms with Crippen molar-refractivity contribution in [1.29, 1.82) is 0 Å². The fraction of sp³-hybridized carbons (Fsp3) is 1.00. The van der Waals surface area contributed by atoms with E-state index in [4.69, 9.17) is 0 Å². The van der Waals surface area contributed by atoms with Gasteiger partial charge in [0.05, 0.1) is 0 Å². The molecule has 0 saturated carbocycles. The van der Waals surface area contributed by atoms with Gasteiger partial charge in [-0.15, -0.1) is 0 Å². The molecular formula is C10H21FN2. The summed E-state index contributed by atoms with van der Waals surface area (Å²) in [6.45, 7) is 6.85. The molecule has 78 valence electrons. The molecule has 0 atom stereocenters. The van der Waals surface area contributed by atoms with E-state index in [9.17, 15) is 4.39 Å². The fourth-order valence-corrected chi connectivity index (χ4v) is 1.93. The highest BCUT2D eigenvalue weighted by molar-refractivity contribution is 4.71. The van der Waals surface area contributed by atoms with Crippen LogP contribution in [0.5, 0.6) is 0 Å². The maximum absolute atomic E-state index is 12.1. The van der Waals surface area contributed by atoms with E-state index in [1.807, 2.05) is 0 Å². The zero-order chi connectivity index (χ0) is 9.52. The Bertz CT molecular complexity index is 121. The van der Waals surface area contributed by atoms with E-state index in [0.717, 1.165) is 32.1 Å². The van der Waals surface area contributed by atoms with Gasteiger partial charge in [0.2, 0.25) is 0 Å². The molecule has 1 aliphatic rings. The first kappa shape index (κ1) is 10.9. The van der Waals surface area contributed by atoms with Crippen LogP contribution in [0.3, 0.4) is 0 Å². The van der Waals surface area contributed by atoms with E-state index in [1.165, 1.54) is 12.8 Å². The van der Waals surface area contributed by atoms with Gasteiger partial charge in [-0.2, -0.15) is 0 Å². The van der Waals surface area contributed by atoms with Crippen molar-refractivity contribution >= 4 is 0 Å². The molecule has 0 aromatic heterocycles. The van der Waals surface area contributed by atoms with Crippen LogP contribution in [0.25, 0.3) is 0 Å². The predicted octanol–water partition coefficient (Wildman–Crippen LogP) is 1.28. The molecule has 13 heavy (non-hydrogen) atoms. The minimum atomic E-state index is -0.210. The Morgan fingerprint density at radius 2 is 2.08 bits per heavy atom. The van der Waals surface area contributed by atoms with Crippen LogP contribution in [0, 0.1) is 5.92 Å². The summed E-state index contributed by atoms with van der Waals surface area (Å²) in [5.41, 5.74) is 0.